The monoisotopic (exact) mass is 417 g/mol. The van der Waals surface area contributed by atoms with Crippen LogP contribution in [0.4, 0.5) is 5.82 Å². The van der Waals surface area contributed by atoms with E-state index in [0.29, 0.717) is 23.4 Å². The lowest BCUT2D eigenvalue weighted by molar-refractivity contribution is -0.116. The zero-order valence-electron chi connectivity index (χ0n) is 18.1. The van der Waals surface area contributed by atoms with Gasteiger partial charge in [-0.25, -0.2) is 15.0 Å². The zero-order chi connectivity index (χ0) is 21.2. The first-order valence-electron chi connectivity index (χ1n) is 11.5. The zero-order valence-corrected chi connectivity index (χ0v) is 18.1. The van der Waals surface area contributed by atoms with Crippen LogP contribution >= 0.6 is 0 Å². The van der Waals surface area contributed by atoms with Gasteiger partial charge in [0.25, 0.3) is 0 Å². The second-order valence-corrected chi connectivity index (χ2v) is 8.15. The molecule has 1 amide bonds. The molecule has 2 N–H and O–H groups in total. The molecule has 0 unspecified atom stereocenters. The van der Waals surface area contributed by atoms with Crippen molar-refractivity contribution in [3.8, 4) is 0 Å². The molecule has 166 valence electrons. The minimum atomic E-state index is -0.201. The molecule has 0 bridgehead atoms. The van der Waals surface area contributed by atoms with Crippen LogP contribution in [0.1, 0.15) is 90.2 Å². The van der Waals surface area contributed by atoms with E-state index in [0.717, 1.165) is 25.7 Å². The number of rotatable bonds is 13. The Labute approximate surface area is 178 Å². The number of fused-ring (bicyclic) bond motifs is 1. The number of hydrogen-bond acceptors (Lipinski definition) is 6. The molecular formula is C22H35N5O3. The maximum Gasteiger partial charge on any atom is 0.225 e. The molecular weight excluding hydrogens is 382 g/mol. The third-order valence-corrected chi connectivity index (χ3v) is 5.72. The Morgan fingerprint density at radius 1 is 1.10 bits per heavy atom. The minimum absolute atomic E-state index is 0.0122. The van der Waals surface area contributed by atoms with Gasteiger partial charge in [-0.15, -0.1) is 0 Å². The van der Waals surface area contributed by atoms with E-state index in [-0.39, 0.29) is 24.8 Å². The predicted molar refractivity (Wildman–Crippen MR) is 116 cm³/mol. The van der Waals surface area contributed by atoms with Crippen molar-refractivity contribution in [2.24, 2.45) is 0 Å². The maximum atomic E-state index is 12.3. The number of unbranched alkanes of at least 4 members (excludes halogenated alkanes) is 8. The smallest absolute Gasteiger partial charge is 0.225 e. The van der Waals surface area contributed by atoms with Gasteiger partial charge in [-0.1, -0.05) is 58.3 Å². The number of imidazole rings is 1. The molecule has 0 saturated carbocycles. The number of aliphatic hydroxyl groups excluding tert-OH is 1. The first kappa shape index (κ1) is 22.6. The van der Waals surface area contributed by atoms with Crippen molar-refractivity contribution in [3.63, 3.8) is 0 Å². The van der Waals surface area contributed by atoms with Crippen LogP contribution in [0.15, 0.2) is 12.7 Å². The lowest BCUT2D eigenvalue weighted by Gasteiger charge is -2.13. The highest BCUT2D eigenvalue weighted by atomic mass is 16.5. The quantitative estimate of drug-likeness (QED) is 0.470. The van der Waals surface area contributed by atoms with E-state index in [9.17, 15) is 9.90 Å². The number of hydrogen-bond donors (Lipinski definition) is 2. The lowest BCUT2D eigenvalue weighted by atomic mass is 10.1. The first-order valence-corrected chi connectivity index (χ1v) is 11.5. The van der Waals surface area contributed by atoms with E-state index >= 15 is 0 Å². The van der Waals surface area contributed by atoms with Gasteiger partial charge in [-0.05, 0) is 19.3 Å². The summed E-state index contributed by atoms with van der Waals surface area (Å²) in [7, 11) is 0. The van der Waals surface area contributed by atoms with Crippen LogP contribution in [0, 0.1) is 0 Å². The molecule has 8 heteroatoms. The standard InChI is InChI=1S/C22H35N5O3/c1-2-3-4-5-6-7-8-9-10-11-18(29)26-21-20-22(24-15-23-21)27(16-25-20)19-13-12-17(14-28)30-19/h15-17,19,28H,2-14H2,1H3,(H,23,24,26,29)/t17-,19+/m0/s1. The highest BCUT2D eigenvalue weighted by Crippen LogP contribution is 2.31. The summed E-state index contributed by atoms with van der Waals surface area (Å²) in [5.41, 5.74) is 1.20. The Hall–Kier alpha value is -2.06. The third kappa shape index (κ3) is 6.22. The number of aliphatic hydroxyl groups is 1. The number of nitrogens with one attached hydrogen (secondary N) is 1. The van der Waals surface area contributed by atoms with Crippen LogP contribution in [0.2, 0.25) is 0 Å². The number of aromatic nitrogens is 4. The van der Waals surface area contributed by atoms with Crippen LogP contribution in [0.5, 0.6) is 0 Å². The van der Waals surface area contributed by atoms with Gasteiger partial charge in [0.1, 0.15) is 12.6 Å². The van der Waals surface area contributed by atoms with E-state index in [2.05, 4.69) is 27.2 Å². The molecule has 2 atom stereocenters. The third-order valence-electron chi connectivity index (χ3n) is 5.72. The van der Waals surface area contributed by atoms with Crippen LogP contribution in [-0.2, 0) is 9.53 Å². The van der Waals surface area contributed by atoms with Gasteiger partial charge < -0.3 is 15.2 Å². The highest BCUT2D eigenvalue weighted by molar-refractivity contribution is 5.96. The average Bonchev–Trinajstić information content (AvgIpc) is 3.39. The molecule has 1 aliphatic rings. The number of anilines is 1. The Balaban J connectivity index is 1.44. The van der Waals surface area contributed by atoms with Crippen molar-refractivity contribution in [2.75, 3.05) is 11.9 Å². The molecule has 2 aromatic rings. The van der Waals surface area contributed by atoms with Gasteiger partial charge in [-0.3, -0.25) is 9.36 Å². The molecule has 0 spiro atoms. The average molecular weight is 418 g/mol. The normalized spacial score (nSPS) is 18.9. The van der Waals surface area contributed by atoms with E-state index in [1.807, 2.05) is 4.57 Å². The van der Waals surface area contributed by atoms with Gasteiger partial charge in [0, 0.05) is 6.42 Å². The number of carbonyl (C=O) groups is 1. The summed E-state index contributed by atoms with van der Waals surface area (Å²) >= 11 is 0. The molecule has 1 fully saturated rings. The largest absolute Gasteiger partial charge is 0.394 e. The SMILES string of the molecule is CCCCCCCCCCCC(=O)Nc1ncnc2c1ncn2[C@H]1CC[C@@H](CO)O1. The lowest BCUT2D eigenvalue weighted by Crippen LogP contribution is -2.15. The van der Waals surface area contributed by atoms with E-state index < -0.39 is 0 Å². The second-order valence-electron chi connectivity index (χ2n) is 8.15. The van der Waals surface area contributed by atoms with Crippen molar-refractivity contribution < 1.29 is 14.6 Å². The van der Waals surface area contributed by atoms with E-state index in [1.165, 1.54) is 51.3 Å². The van der Waals surface area contributed by atoms with Gasteiger partial charge in [0.2, 0.25) is 5.91 Å². The molecule has 30 heavy (non-hydrogen) atoms. The summed E-state index contributed by atoms with van der Waals surface area (Å²) in [6.45, 7) is 2.25. The minimum Gasteiger partial charge on any atom is -0.394 e. The molecule has 3 heterocycles. The fourth-order valence-corrected chi connectivity index (χ4v) is 3.97. The number of nitrogens with zero attached hydrogens (tertiary/aromatic N) is 4. The fraction of sp³-hybridized carbons (Fsp3) is 0.727. The summed E-state index contributed by atoms with van der Waals surface area (Å²) in [5, 5.41) is 12.2. The molecule has 0 aliphatic carbocycles. The highest BCUT2D eigenvalue weighted by Gasteiger charge is 2.27. The van der Waals surface area contributed by atoms with E-state index in [4.69, 9.17) is 4.74 Å². The summed E-state index contributed by atoms with van der Waals surface area (Å²) in [6, 6.07) is 0. The summed E-state index contributed by atoms with van der Waals surface area (Å²) < 4.78 is 7.67. The Morgan fingerprint density at radius 3 is 2.53 bits per heavy atom. The fourth-order valence-electron chi connectivity index (χ4n) is 3.97. The van der Waals surface area contributed by atoms with Crippen molar-refractivity contribution >= 4 is 22.9 Å². The molecule has 3 rings (SSSR count). The maximum absolute atomic E-state index is 12.3. The van der Waals surface area contributed by atoms with Crippen molar-refractivity contribution in [1.82, 2.24) is 19.5 Å². The summed E-state index contributed by atoms with van der Waals surface area (Å²) in [6.07, 6.45) is 15.9. The topological polar surface area (TPSA) is 102 Å². The first-order chi connectivity index (χ1) is 14.7. The van der Waals surface area contributed by atoms with Crippen LogP contribution in [0.3, 0.4) is 0 Å². The summed E-state index contributed by atoms with van der Waals surface area (Å²) in [5.74, 6) is 0.404. The molecule has 2 aromatic heterocycles. The van der Waals surface area contributed by atoms with E-state index in [1.54, 1.807) is 6.33 Å². The molecule has 1 saturated heterocycles. The molecule has 8 nitrogen and oxygen atoms in total. The predicted octanol–water partition coefficient (Wildman–Crippen LogP) is 4.36. The summed E-state index contributed by atoms with van der Waals surface area (Å²) in [4.78, 5) is 25.3. The Kier molecular flexibility index (Phi) is 9.01. The Morgan fingerprint density at radius 2 is 1.83 bits per heavy atom. The Bertz CT molecular complexity index is 794. The number of carbonyl (C=O) groups excluding carboxylic acids is 1. The van der Waals surface area contributed by atoms with Crippen molar-refractivity contribution in [2.45, 2.75) is 96.3 Å². The van der Waals surface area contributed by atoms with Gasteiger partial charge >= 0.3 is 0 Å². The van der Waals surface area contributed by atoms with Gasteiger partial charge in [0.05, 0.1) is 19.0 Å². The molecule has 0 aromatic carbocycles. The van der Waals surface area contributed by atoms with Gasteiger partial charge in [0.15, 0.2) is 17.0 Å². The molecule has 0 radical (unpaired) electrons. The second kappa shape index (κ2) is 12.0. The van der Waals surface area contributed by atoms with Crippen molar-refractivity contribution in [1.29, 1.82) is 0 Å². The van der Waals surface area contributed by atoms with Crippen LogP contribution in [-0.4, -0.2) is 43.2 Å². The van der Waals surface area contributed by atoms with Gasteiger partial charge in [-0.2, -0.15) is 0 Å². The van der Waals surface area contributed by atoms with Crippen LogP contribution in [0.25, 0.3) is 11.2 Å². The molecule has 1 aliphatic heterocycles. The number of amides is 1. The van der Waals surface area contributed by atoms with Crippen molar-refractivity contribution in [3.05, 3.63) is 12.7 Å². The number of ether oxygens (including phenoxy) is 1. The van der Waals surface area contributed by atoms with Crippen LogP contribution < -0.4 is 5.32 Å².